The number of para-hydroxylation sites is 1. The summed E-state index contributed by atoms with van der Waals surface area (Å²) < 4.78 is 32.9. The zero-order chi connectivity index (χ0) is 18.7. The van der Waals surface area contributed by atoms with Gasteiger partial charge in [0.1, 0.15) is 5.75 Å². The van der Waals surface area contributed by atoms with Crippen molar-refractivity contribution < 1.29 is 17.9 Å². The highest BCUT2D eigenvalue weighted by Gasteiger charge is 2.23. The molecule has 2 aromatic rings. The van der Waals surface area contributed by atoms with Gasteiger partial charge in [0, 0.05) is 29.9 Å². The number of ether oxygens (including phenoxy) is 1. The third-order valence-electron chi connectivity index (χ3n) is 4.41. The number of rotatable bonds is 6. The first kappa shape index (κ1) is 18.3. The molecule has 1 aliphatic heterocycles. The highest BCUT2D eigenvalue weighted by Crippen LogP contribution is 2.31. The molecule has 0 spiro atoms. The fourth-order valence-electron chi connectivity index (χ4n) is 3.21. The molecule has 0 unspecified atom stereocenters. The van der Waals surface area contributed by atoms with Crippen LogP contribution in [0.1, 0.15) is 24.5 Å². The summed E-state index contributed by atoms with van der Waals surface area (Å²) in [6.07, 6.45) is 1.06. The number of carbonyl (C=O) groups excluding carboxylic acids is 1. The Morgan fingerprint density at radius 3 is 2.65 bits per heavy atom. The van der Waals surface area contributed by atoms with Crippen molar-refractivity contribution in [2.24, 2.45) is 0 Å². The number of nitrogens with one attached hydrogen (secondary N) is 1. The Labute approximate surface area is 153 Å². The number of benzene rings is 2. The van der Waals surface area contributed by atoms with Crippen LogP contribution in [0.15, 0.2) is 42.5 Å². The Bertz CT molecular complexity index is 925. The molecule has 1 N–H and O–H groups in total. The molecule has 0 saturated heterocycles. The number of hydrogen-bond acceptors (Lipinski definition) is 4. The maximum atomic E-state index is 12.5. The molecular formula is C19H22N2O4S. The van der Waals surface area contributed by atoms with Crippen LogP contribution in [-0.2, 0) is 27.0 Å². The lowest BCUT2D eigenvalue weighted by Crippen LogP contribution is -2.34. The van der Waals surface area contributed by atoms with Crippen LogP contribution in [-0.4, -0.2) is 28.0 Å². The fraction of sp³-hybridized carbons (Fsp3) is 0.316. The highest BCUT2D eigenvalue weighted by molar-refractivity contribution is 7.91. The van der Waals surface area contributed by atoms with Gasteiger partial charge in [-0.25, -0.2) is 8.42 Å². The Morgan fingerprint density at radius 1 is 1.15 bits per heavy atom. The Kier molecular flexibility index (Phi) is 5.18. The predicted octanol–water partition coefficient (Wildman–Crippen LogP) is 2.94. The lowest BCUT2D eigenvalue weighted by molar-refractivity contribution is -0.118. The molecule has 0 aliphatic carbocycles. The standard InChI is InChI=1S/C19H22N2O4S/c1-3-21-17-10-9-16(12-14(17)8-11-19(21)22)20-26(23,24)13-15-6-4-5-7-18(15)25-2/h4-7,9-10,12,20H,3,8,11,13H2,1-2H3. The average Bonchev–Trinajstić information content (AvgIpc) is 2.61. The summed E-state index contributed by atoms with van der Waals surface area (Å²) in [4.78, 5) is 13.7. The number of amides is 1. The molecule has 2 aromatic carbocycles. The Morgan fingerprint density at radius 2 is 1.92 bits per heavy atom. The Balaban J connectivity index is 1.81. The molecule has 6 nitrogen and oxygen atoms in total. The monoisotopic (exact) mass is 374 g/mol. The van der Waals surface area contributed by atoms with Crippen LogP contribution in [0, 0.1) is 0 Å². The van der Waals surface area contributed by atoms with Crippen LogP contribution < -0.4 is 14.4 Å². The van der Waals surface area contributed by atoms with Crippen LogP contribution in [0.5, 0.6) is 5.75 Å². The van der Waals surface area contributed by atoms with E-state index in [2.05, 4.69) is 4.72 Å². The van der Waals surface area contributed by atoms with Crippen molar-refractivity contribution in [3.05, 3.63) is 53.6 Å². The van der Waals surface area contributed by atoms with Gasteiger partial charge in [-0.05, 0) is 43.2 Å². The first-order valence-corrected chi connectivity index (χ1v) is 10.1. The molecule has 1 amide bonds. The van der Waals surface area contributed by atoms with Gasteiger partial charge < -0.3 is 9.64 Å². The summed E-state index contributed by atoms with van der Waals surface area (Å²) in [6.45, 7) is 2.53. The molecule has 26 heavy (non-hydrogen) atoms. The van der Waals surface area contributed by atoms with Gasteiger partial charge in [0.05, 0.1) is 12.9 Å². The second-order valence-corrected chi connectivity index (χ2v) is 7.88. The molecule has 0 saturated carbocycles. The molecule has 138 valence electrons. The average molecular weight is 374 g/mol. The van der Waals surface area contributed by atoms with Crippen LogP contribution in [0.4, 0.5) is 11.4 Å². The molecule has 0 radical (unpaired) electrons. The van der Waals surface area contributed by atoms with Crippen molar-refractivity contribution >= 4 is 27.3 Å². The third-order valence-corrected chi connectivity index (χ3v) is 5.64. The maximum absolute atomic E-state index is 12.5. The summed E-state index contributed by atoms with van der Waals surface area (Å²) >= 11 is 0. The third kappa shape index (κ3) is 3.83. The fourth-order valence-corrected chi connectivity index (χ4v) is 4.42. The zero-order valence-corrected chi connectivity index (χ0v) is 15.7. The zero-order valence-electron chi connectivity index (χ0n) is 14.9. The first-order valence-electron chi connectivity index (χ1n) is 8.49. The van der Waals surface area contributed by atoms with Crippen molar-refractivity contribution in [1.82, 2.24) is 0 Å². The Hall–Kier alpha value is -2.54. The molecule has 1 heterocycles. The lowest BCUT2D eigenvalue weighted by atomic mass is 10.0. The smallest absolute Gasteiger partial charge is 0.237 e. The number of sulfonamides is 1. The largest absolute Gasteiger partial charge is 0.496 e. The second-order valence-electron chi connectivity index (χ2n) is 6.15. The van der Waals surface area contributed by atoms with E-state index in [9.17, 15) is 13.2 Å². The van der Waals surface area contributed by atoms with Gasteiger partial charge in [-0.2, -0.15) is 0 Å². The summed E-state index contributed by atoms with van der Waals surface area (Å²) in [6, 6.07) is 12.4. The van der Waals surface area contributed by atoms with Crippen LogP contribution in [0.3, 0.4) is 0 Å². The lowest BCUT2D eigenvalue weighted by Gasteiger charge is -2.28. The number of nitrogens with zero attached hydrogens (tertiary/aromatic N) is 1. The van der Waals surface area contributed by atoms with Crippen LogP contribution in [0.2, 0.25) is 0 Å². The molecule has 0 aromatic heterocycles. The number of carbonyl (C=O) groups is 1. The highest BCUT2D eigenvalue weighted by atomic mass is 32.2. The van der Waals surface area contributed by atoms with E-state index in [4.69, 9.17) is 4.74 Å². The van der Waals surface area contributed by atoms with Gasteiger partial charge in [-0.3, -0.25) is 9.52 Å². The number of anilines is 2. The first-order chi connectivity index (χ1) is 12.4. The molecule has 0 bridgehead atoms. The van der Waals surface area contributed by atoms with Gasteiger partial charge >= 0.3 is 0 Å². The molecule has 0 fully saturated rings. The minimum atomic E-state index is -3.59. The molecule has 1 aliphatic rings. The van der Waals surface area contributed by atoms with Crippen molar-refractivity contribution in [3.63, 3.8) is 0 Å². The second kappa shape index (κ2) is 7.37. The van der Waals surface area contributed by atoms with E-state index in [1.165, 1.54) is 7.11 Å². The van der Waals surface area contributed by atoms with E-state index in [0.29, 0.717) is 36.4 Å². The van der Waals surface area contributed by atoms with E-state index >= 15 is 0 Å². The van der Waals surface area contributed by atoms with Crippen molar-refractivity contribution in [3.8, 4) is 5.75 Å². The SMILES string of the molecule is CCN1C(=O)CCc2cc(NS(=O)(=O)Cc3ccccc3OC)ccc21. The predicted molar refractivity (Wildman–Crippen MR) is 102 cm³/mol. The number of fused-ring (bicyclic) bond motifs is 1. The molecular weight excluding hydrogens is 352 g/mol. The quantitative estimate of drug-likeness (QED) is 0.843. The molecule has 0 atom stereocenters. The van der Waals surface area contributed by atoms with Crippen molar-refractivity contribution in [2.75, 3.05) is 23.3 Å². The summed E-state index contributed by atoms with van der Waals surface area (Å²) in [5.74, 6) is 0.470. The number of hydrogen-bond donors (Lipinski definition) is 1. The minimum absolute atomic E-state index is 0.101. The van der Waals surface area contributed by atoms with Crippen LogP contribution >= 0.6 is 0 Å². The van der Waals surface area contributed by atoms with E-state index in [1.807, 2.05) is 13.0 Å². The van der Waals surface area contributed by atoms with E-state index in [-0.39, 0.29) is 11.7 Å². The molecule has 3 rings (SSSR count). The summed E-state index contributed by atoms with van der Waals surface area (Å²) in [7, 11) is -2.07. The normalized spacial score (nSPS) is 14.1. The van der Waals surface area contributed by atoms with Crippen LogP contribution in [0.25, 0.3) is 0 Å². The topological polar surface area (TPSA) is 75.7 Å². The van der Waals surface area contributed by atoms with Crippen molar-refractivity contribution in [2.45, 2.75) is 25.5 Å². The summed E-state index contributed by atoms with van der Waals surface area (Å²) in [5, 5.41) is 0. The molecule has 7 heteroatoms. The number of aryl methyl sites for hydroxylation is 1. The summed E-state index contributed by atoms with van der Waals surface area (Å²) in [5.41, 5.74) is 2.94. The van der Waals surface area contributed by atoms with Gasteiger partial charge in [-0.15, -0.1) is 0 Å². The van der Waals surface area contributed by atoms with Gasteiger partial charge in [0.2, 0.25) is 15.9 Å². The van der Waals surface area contributed by atoms with Gasteiger partial charge in [0.15, 0.2) is 0 Å². The minimum Gasteiger partial charge on any atom is -0.496 e. The van der Waals surface area contributed by atoms with Crippen molar-refractivity contribution in [1.29, 1.82) is 0 Å². The van der Waals surface area contributed by atoms with E-state index in [0.717, 1.165) is 11.3 Å². The maximum Gasteiger partial charge on any atom is 0.237 e. The van der Waals surface area contributed by atoms with E-state index in [1.54, 1.807) is 41.3 Å². The number of methoxy groups -OCH3 is 1. The van der Waals surface area contributed by atoms with E-state index < -0.39 is 10.0 Å². The van der Waals surface area contributed by atoms with Gasteiger partial charge in [-0.1, -0.05) is 18.2 Å². The van der Waals surface area contributed by atoms with Gasteiger partial charge in [0.25, 0.3) is 0 Å².